The van der Waals surface area contributed by atoms with E-state index in [1.54, 1.807) is 13.0 Å². The van der Waals surface area contributed by atoms with Crippen LogP contribution in [0.3, 0.4) is 0 Å². The monoisotopic (exact) mass is 229 g/mol. The van der Waals surface area contributed by atoms with E-state index < -0.39 is 0 Å². The lowest BCUT2D eigenvalue weighted by Gasteiger charge is -2.04. The quantitative estimate of drug-likeness (QED) is 0.488. The lowest BCUT2D eigenvalue weighted by molar-refractivity contribution is -0.139. The molecule has 0 spiro atoms. The summed E-state index contributed by atoms with van der Waals surface area (Å²) in [5.41, 5.74) is 5.91. The zero-order valence-corrected chi connectivity index (χ0v) is 9.14. The van der Waals surface area contributed by atoms with E-state index in [9.17, 15) is 9.18 Å². The maximum Gasteiger partial charge on any atom is 0.316 e. The highest BCUT2D eigenvalue weighted by molar-refractivity contribution is 8.00. The normalized spacial score (nSPS) is 10.0. The van der Waals surface area contributed by atoms with Gasteiger partial charge >= 0.3 is 5.97 Å². The van der Waals surface area contributed by atoms with Crippen LogP contribution >= 0.6 is 11.8 Å². The van der Waals surface area contributed by atoms with Crippen LogP contribution in [0.4, 0.5) is 10.1 Å². The molecular weight excluding hydrogens is 217 g/mol. The van der Waals surface area contributed by atoms with E-state index in [0.717, 1.165) is 0 Å². The molecule has 0 amide bonds. The van der Waals surface area contributed by atoms with Crippen molar-refractivity contribution in [1.82, 2.24) is 0 Å². The number of nitrogen functional groups attached to an aromatic ring is 1. The third-order valence-electron chi connectivity index (χ3n) is 1.62. The summed E-state index contributed by atoms with van der Waals surface area (Å²) in [7, 11) is 0. The number of rotatable bonds is 4. The van der Waals surface area contributed by atoms with Crippen molar-refractivity contribution >= 4 is 23.4 Å². The van der Waals surface area contributed by atoms with Gasteiger partial charge in [-0.05, 0) is 25.1 Å². The fourth-order valence-electron chi connectivity index (χ4n) is 0.990. The van der Waals surface area contributed by atoms with E-state index in [1.165, 1.54) is 23.9 Å². The van der Waals surface area contributed by atoms with Gasteiger partial charge in [0.15, 0.2) is 0 Å². The molecule has 0 heterocycles. The molecule has 0 aliphatic carbocycles. The molecule has 0 aliphatic heterocycles. The van der Waals surface area contributed by atoms with Crippen LogP contribution < -0.4 is 5.73 Å². The van der Waals surface area contributed by atoms with Gasteiger partial charge < -0.3 is 10.5 Å². The maximum absolute atomic E-state index is 12.7. The number of hydrogen-bond acceptors (Lipinski definition) is 4. The number of halogens is 1. The first kappa shape index (κ1) is 11.8. The minimum atomic E-state index is -0.381. The molecule has 15 heavy (non-hydrogen) atoms. The van der Waals surface area contributed by atoms with Crippen LogP contribution in [0.1, 0.15) is 6.92 Å². The van der Waals surface area contributed by atoms with Crippen molar-refractivity contribution in [3.05, 3.63) is 24.0 Å². The summed E-state index contributed by atoms with van der Waals surface area (Å²) in [6, 6.07) is 4.09. The third kappa shape index (κ3) is 3.79. The first-order chi connectivity index (χ1) is 7.13. The predicted octanol–water partition coefficient (Wildman–Crippen LogP) is 2.06. The summed E-state index contributed by atoms with van der Waals surface area (Å²) in [5.74, 6) is -0.497. The highest BCUT2D eigenvalue weighted by Crippen LogP contribution is 2.25. The van der Waals surface area contributed by atoms with Gasteiger partial charge in [-0.2, -0.15) is 0 Å². The van der Waals surface area contributed by atoms with E-state index in [0.29, 0.717) is 17.2 Å². The van der Waals surface area contributed by atoms with Crippen LogP contribution in [0.2, 0.25) is 0 Å². The minimum Gasteiger partial charge on any atom is -0.465 e. The van der Waals surface area contributed by atoms with Gasteiger partial charge in [-0.3, -0.25) is 4.79 Å². The molecule has 0 aliphatic rings. The molecule has 0 radical (unpaired) electrons. The Hall–Kier alpha value is -1.23. The first-order valence-corrected chi connectivity index (χ1v) is 5.45. The Bertz CT molecular complexity index is 357. The van der Waals surface area contributed by atoms with Gasteiger partial charge in [-0.1, -0.05) is 0 Å². The van der Waals surface area contributed by atoms with Crippen LogP contribution in [-0.4, -0.2) is 18.3 Å². The molecular formula is C10H12FNO2S. The van der Waals surface area contributed by atoms with Gasteiger partial charge in [0, 0.05) is 10.6 Å². The Morgan fingerprint density at radius 3 is 2.93 bits per heavy atom. The molecule has 82 valence electrons. The number of hydrogen-bond donors (Lipinski definition) is 1. The van der Waals surface area contributed by atoms with Gasteiger partial charge in [-0.25, -0.2) is 4.39 Å². The number of ether oxygens (including phenoxy) is 1. The molecule has 0 saturated heterocycles. The number of carbonyl (C=O) groups is 1. The Labute approximate surface area is 91.8 Å². The first-order valence-electron chi connectivity index (χ1n) is 4.47. The summed E-state index contributed by atoms with van der Waals surface area (Å²) in [4.78, 5) is 11.7. The number of esters is 1. The summed E-state index contributed by atoms with van der Waals surface area (Å²) in [6.07, 6.45) is 0. The average molecular weight is 229 g/mol. The van der Waals surface area contributed by atoms with Crippen LogP contribution in [0.5, 0.6) is 0 Å². The molecule has 2 N–H and O–H groups in total. The summed E-state index contributed by atoms with van der Waals surface area (Å²) in [6.45, 7) is 2.10. The van der Waals surface area contributed by atoms with Gasteiger partial charge in [0.1, 0.15) is 5.82 Å². The molecule has 0 bridgehead atoms. The fraction of sp³-hybridized carbons (Fsp3) is 0.300. The Morgan fingerprint density at radius 1 is 1.60 bits per heavy atom. The highest BCUT2D eigenvalue weighted by Gasteiger charge is 2.06. The Morgan fingerprint density at radius 2 is 2.33 bits per heavy atom. The predicted molar refractivity (Wildman–Crippen MR) is 58.2 cm³/mol. The van der Waals surface area contributed by atoms with Crippen molar-refractivity contribution < 1.29 is 13.9 Å². The van der Waals surface area contributed by atoms with E-state index in [1.807, 2.05) is 0 Å². The second-order valence-corrected chi connectivity index (χ2v) is 3.79. The summed E-state index contributed by atoms with van der Waals surface area (Å²) >= 11 is 1.24. The average Bonchev–Trinajstić information content (AvgIpc) is 2.17. The lowest BCUT2D eigenvalue weighted by atomic mass is 10.3. The van der Waals surface area contributed by atoms with Crippen LogP contribution in [0.25, 0.3) is 0 Å². The van der Waals surface area contributed by atoms with Crippen LogP contribution in [-0.2, 0) is 9.53 Å². The second-order valence-electron chi connectivity index (χ2n) is 2.78. The zero-order chi connectivity index (χ0) is 11.3. The fourth-order valence-corrected chi connectivity index (χ4v) is 1.74. The maximum atomic E-state index is 12.7. The van der Waals surface area contributed by atoms with E-state index in [4.69, 9.17) is 10.5 Å². The lowest BCUT2D eigenvalue weighted by Crippen LogP contribution is -2.06. The molecule has 0 unspecified atom stereocenters. The van der Waals surface area contributed by atoms with Crippen molar-refractivity contribution in [1.29, 1.82) is 0 Å². The van der Waals surface area contributed by atoms with E-state index in [2.05, 4.69) is 0 Å². The molecule has 3 nitrogen and oxygen atoms in total. The Balaban J connectivity index is 2.54. The minimum absolute atomic E-state index is 0.184. The highest BCUT2D eigenvalue weighted by atomic mass is 32.2. The van der Waals surface area contributed by atoms with Gasteiger partial charge in [0.2, 0.25) is 0 Å². The zero-order valence-electron chi connectivity index (χ0n) is 8.33. The summed E-state index contributed by atoms with van der Waals surface area (Å²) < 4.78 is 17.4. The van der Waals surface area contributed by atoms with Gasteiger partial charge in [-0.15, -0.1) is 11.8 Å². The number of thioether (sulfide) groups is 1. The van der Waals surface area contributed by atoms with Crippen molar-refractivity contribution in [3.8, 4) is 0 Å². The van der Waals surface area contributed by atoms with Crippen molar-refractivity contribution in [2.75, 3.05) is 18.1 Å². The number of anilines is 1. The molecule has 0 fully saturated rings. The topological polar surface area (TPSA) is 52.3 Å². The van der Waals surface area contributed by atoms with Crippen molar-refractivity contribution in [2.24, 2.45) is 0 Å². The molecule has 1 aromatic carbocycles. The summed E-state index contributed by atoms with van der Waals surface area (Å²) in [5, 5.41) is 0. The van der Waals surface area contributed by atoms with E-state index in [-0.39, 0.29) is 17.5 Å². The van der Waals surface area contributed by atoms with E-state index >= 15 is 0 Å². The van der Waals surface area contributed by atoms with Gasteiger partial charge in [0.05, 0.1) is 12.4 Å². The molecule has 0 saturated carbocycles. The third-order valence-corrected chi connectivity index (χ3v) is 2.69. The molecule has 0 atom stereocenters. The Kier molecular flexibility index (Phi) is 4.42. The molecule has 5 heteroatoms. The number of carbonyl (C=O) groups excluding carboxylic acids is 1. The SMILES string of the molecule is CCOC(=O)CSc1ccc(F)cc1N. The second kappa shape index (κ2) is 5.60. The van der Waals surface area contributed by atoms with Gasteiger partial charge in [0.25, 0.3) is 0 Å². The van der Waals surface area contributed by atoms with Crippen molar-refractivity contribution in [3.63, 3.8) is 0 Å². The smallest absolute Gasteiger partial charge is 0.316 e. The standard InChI is InChI=1S/C10H12FNO2S/c1-2-14-10(13)6-15-9-4-3-7(11)5-8(9)12/h3-5H,2,6,12H2,1H3. The molecule has 1 rings (SSSR count). The van der Waals surface area contributed by atoms with Crippen LogP contribution in [0, 0.1) is 5.82 Å². The number of nitrogens with two attached hydrogens (primary N) is 1. The molecule has 1 aromatic rings. The molecule has 0 aromatic heterocycles. The van der Waals surface area contributed by atoms with Crippen molar-refractivity contribution in [2.45, 2.75) is 11.8 Å². The van der Waals surface area contributed by atoms with Crippen LogP contribution in [0.15, 0.2) is 23.1 Å². The largest absolute Gasteiger partial charge is 0.465 e. The number of benzene rings is 1.